The lowest BCUT2D eigenvalue weighted by molar-refractivity contribution is -0.139. The summed E-state index contributed by atoms with van der Waals surface area (Å²) in [5, 5.41) is 9.44. The summed E-state index contributed by atoms with van der Waals surface area (Å²) >= 11 is 5.48. The molecule has 1 atom stereocenters. The van der Waals surface area contributed by atoms with Crippen molar-refractivity contribution >= 4 is 35.0 Å². The molecule has 2 rings (SSSR count). The van der Waals surface area contributed by atoms with Crippen LogP contribution in [0, 0.1) is 0 Å². The number of amides is 2. The summed E-state index contributed by atoms with van der Waals surface area (Å²) in [6.45, 7) is 9.32. The van der Waals surface area contributed by atoms with Crippen LogP contribution in [0.25, 0.3) is 0 Å². The van der Waals surface area contributed by atoms with E-state index >= 15 is 0 Å². The van der Waals surface area contributed by atoms with E-state index in [2.05, 4.69) is 22.9 Å². The van der Waals surface area contributed by atoms with Gasteiger partial charge in [-0.05, 0) is 57.1 Å². The molecule has 3 N–H and O–H groups in total. The van der Waals surface area contributed by atoms with E-state index in [0.717, 1.165) is 24.1 Å². The molecule has 1 aliphatic rings. The predicted octanol–water partition coefficient (Wildman–Crippen LogP) is 3.70. The highest BCUT2D eigenvalue weighted by molar-refractivity contribution is 7.80. The topological polar surface area (TPSA) is 82.7 Å². The summed E-state index contributed by atoms with van der Waals surface area (Å²) in [5.41, 5.74) is 2.87. The van der Waals surface area contributed by atoms with Gasteiger partial charge in [0, 0.05) is 24.5 Å². The molecule has 8 heteroatoms. The highest BCUT2D eigenvalue weighted by atomic mass is 32.1. The smallest absolute Gasteiger partial charge is 0.338 e. The Hall–Kier alpha value is -2.61. The molecular formula is C21H30N4O3S. The number of anilines is 1. The maximum atomic E-state index is 12.6. The lowest BCUT2D eigenvalue weighted by Crippen LogP contribution is -2.47. The minimum Gasteiger partial charge on any atom is -0.463 e. The molecule has 0 saturated carbocycles. The fourth-order valence-corrected chi connectivity index (χ4v) is 3.58. The molecule has 1 aliphatic heterocycles. The number of carbonyl (C=O) groups excluding carboxylic acids is 2. The van der Waals surface area contributed by atoms with Gasteiger partial charge < -0.3 is 25.6 Å². The number of nitrogens with one attached hydrogen (secondary N) is 3. The highest BCUT2D eigenvalue weighted by Gasteiger charge is 2.34. The van der Waals surface area contributed by atoms with Crippen LogP contribution in [-0.2, 0) is 9.53 Å². The van der Waals surface area contributed by atoms with Crippen LogP contribution in [0.4, 0.5) is 10.5 Å². The first kappa shape index (κ1) is 22.7. The van der Waals surface area contributed by atoms with Gasteiger partial charge in [-0.3, -0.25) is 0 Å². The normalized spacial score (nSPS) is 16.3. The zero-order chi connectivity index (χ0) is 21.4. The molecular weight excluding hydrogens is 388 g/mol. The molecule has 158 valence electrons. The summed E-state index contributed by atoms with van der Waals surface area (Å²) in [5.74, 6) is -0.360. The van der Waals surface area contributed by atoms with E-state index in [-0.39, 0.29) is 12.0 Å². The second kappa shape index (κ2) is 10.8. The van der Waals surface area contributed by atoms with Crippen LogP contribution in [0.15, 0.2) is 35.5 Å². The quantitative estimate of drug-likeness (QED) is 0.339. The van der Waals surface area contributed by atoms with Gasteiger partial charge in [-0.25, -0.2) is 9.59 Å². The molecule has 0 aromatic heterocycles. The third-order valence-electron chi connectivity index (χ3n) is 4.73. The zero-order valence-electron chi connectivity index (χ0n) is 17.5. The van der Waals surface area contributed by atoms with Crippen molar-refractivity contribution in [3.05, 3.63) is 41.1 Å². The van der Waals surface area contributed by atoms with Crippen molar-refractivity contribution in [2.75, 3.05) is 25.0 Å². The van der Waals surface area contributed by atoms with Gasteiger partial charge in [-0.1, -0.05) is 25.5 Å². The van der Waals surface area contributed by atoms with Crippen molar-refractivity contribution in [2.24, 2.45) is 0 Å². The van der Waals surface area contributed by atoms with Crippen LogP contribution >= 0.6 is 12.2 Å². The Morgan fingerprint density at radius 3 is 2.48 bits per heavy atom. The lowest BCUT2D eigenvalue weighted by atomic mass is 9.95. The van der Waals surface area contributed by atoms with Crippen LogP contribution in [0.2, 0.25) is 0 Å². The Kier molecular flexibility index (Phi) is 8.45. The van der Waals surface area contributed by atoms with Crippen LogP contribution in [-0.4, -0.2) is 41.7 Å². The van der Waals surface area contributed by atoms with Crippen LogP contribution in [0.1, 0.15) is 52.1 Å². The summed E-state index contributed by atoms with van der Waals surface area (Å²) < 4.78 is 5.28. The van der Waals surface area contributed by atoms with E-state index in [9.17, 15) is 9.59 Å². The monoisotopic (exact) mass is 418 g/mol. The van der Waals surface area contributed by atoms with Crippen molar-refractivity contribution in [1.82, 2.24) is 15.5 Å². The standard InChI is InChI=1S/C21H30N4O3S/c1-5-8-13-22-20(27)23-16-11-9-15(10-12-16)18-17(19(26)28-7-3)14(4)25(6-2)21(29)24-18/h9-12,18H,5-8,13H2,1-4H3,(H,24,29)(H2,22,23,27)/t18-/m1/s1. The number of carbonyl (C=O) groups is 2. The molecule has 0 bridgehead atoms. The Morgan fingerprint density at radius 2 is 1.90 bits per heavy atom. The Bertz CT molecular complexity index is 777. The first-order chi connectivity index (χ1) is 13.9. The summed E-state index contributed by atoms with van der Waals surface area (Å²) in [7, 11) is 0. The number of unbranched alkanes of at least 4 members (excludes halogenated alkanes) is 1. The Labute approximate surface area is 177 Å². The Morgan fingerprint density at radius 1 is 1.21 bits per heavy atom. The number of rotatable bonds is 8. The van der Waals surface area contributed by atoms with E-state index in [0.29, 0.717) is 36.1 Å². The van der Waals surface area contributed by atoms with Gasteiger partial charge in [0.25, 0.3) is 0 Å². The number of nitrogens with zero attached hydrogens (tertiary/aromatic N) is 1. The van der Waals surface area contributed by atoms with Crippen molar-refractivity contribution < 1.29 is 14.3 Å². The summed E-state index contributed by atoms with van der Waals surface area (Å²) in [6.07, 6.45) is 1.97. The molecule has 0 fully saturated rings. The molecule has 7 nitrogen and oxygen atoms in total. The fourth-order valence-electron chi connectivity index (χ4n) is 3.20. The number of urea groups is 1. The van der Waals surface area contributed by atoms with Gasteiger partial charge in [-0.15, -0.1) is 0 Å². The van der Waals surface area contributed by atoms with Gasteiger partial charge >= 0.3 is 12.0 Å². The summed E-state index contributed by atoms with van der Waals surface area (Å²) in [4.78, 5) is 26.4. The largest absolute Gasteiger partial charge is 0.463 e. The molecule has 29 heavy (non-hydrogen) atoms. The molecule has 1 aromatic rings. The van der Waals surface area contributed by atoms with Crippen molar-refractivity contribution in [2.45, 2.75) is 46.6 Å². The van der Waals surface area contributed by atoms with Crippen LogP contribution in [0.3, 0.4) is 0 Å². The van der Waals surface area contributed by atoms with Gasteiger partial charge in [0.05, 0.1) is 18.2 Å². The molecule has 1 aromatic carbocycles. The third-order valence-corrected chi connectivity index (χ3v) is 5.06. The average Bonchev–Trinajstić information content (AvgIpc) is 2.68. The van der Waals surface area contributed by atoms with Gasteiger partial charge in [0.1, 0.15) is 0 Å². The molecule has 0 spiro atoms. The van der Waals surface area contributed by atoms with E-state index in [1.54, 1.807) is 6.92 Å². The predicted molar refractivity (Wildman–Crippen MR) is 119 cm³/mol. The third kappa shape index (κ3) is 5.69. The number of esters is 1. The first-order valence-corrected chi connectivity index (χ1v) is 10.4. The molecule has 0 saturated heterocycles. The number of hydrogen-bond donors (Lipinski definition) is 3. The van der Waals surface area contributed by atoms with Crippen molar-refractivity contribution in [3.8, 4) is 0 Å². The molecule has 0 radical (unpaired) electrons. The maximum absolute atomic E-state index is 12.6. The average molecular weight is 419 g/mol. The van der Waals surface area contributed by atoms with E-state index in [1.807, 2.05) is 43.0 Å². The molecule has 1 heterocycles. The van der Waals surface area contributed by atoms with E-state index < -0.39 is 6.04 Å². The SMILES string of the molecule is CCCCNC(=O)Nc1ccc([C@H]2NC(=S)N(CC)C(C)=C2C(=O)OCC)cc1. The molecule has 0 aliphatic carbocycles. The number of hydrogen-bond acceptors (Lipinski definition) is 4. The highest BCUT2D eigenvalue weighted by Crippen LogP contribution is 2.31. The van der Waals surface area contributed by atoms with E-state index in [4.69, 9.17) is 17.0 Å². The fraction of sp³-hybridized carbons (Fsp3) is 0.476. The Balaban J connectivity index is 2.22. The summed E-state index contributed by atoms with van der Waals surface area (Å²) in [6, 6.07) is 6.72. The number of ether oxygens (including phenoxy) is 1. The zero-order valence-corrected chi connectivity index (χ0v) is 18.3. The van der Waals surface area contributed by atoms with Crippen molar-refractivity contribution in [3.63, 3.8) is 0 Å². The van der Waals surface area contributed by atoms with Gasteiger partial charge in [0.15, 0.2) is 5.11 Å². The molecule has 0 unspecified atom stereocenters. The first-order valence-electron chi connectivity index (χ1n) is 10.0. The number of benzene rings is 1. The van der Waals surface area contributed by atoms with Gasteiger partial charge in [-0.2, -0.15) is 0 Å². The second-order valence-electron chi connectivity index (χ2n) is 6.70. The minimum atomic E-state index is -0.406. The van der Waals surface area contributed by atoms with Crippen LogP contribution in [0.5, 0.6) is 0 Å². The lowest BCUT2D eigenvalue weighted by Gasteiger charge is -2.37. The van der Waals surface area contributed by atoms with Crippen LogP contribution < -0.4 is 16.0 Å². The van der Waals surface area contributed by atoms with Gasteiger partial charge in [0.2, 0.25) is 0 Å². The van der Waals surface area contributed by atoms with Crippen molar-refractivity contribution in [1.29, 1.82) is 0 Å². The van der Waals surface area contributed by atoms with E-state index in [1.165, 1.54) is 0 Å². The minimum absolute atomic E-state index is 0.232. The number of allylic oxidation sites excluding steroid dienone is 1. The maximum Gasteiger partial charge on any atom is 0.338 e. The second-order valence-corrected chi connectivity index (χ2v) is 7.09. The number of thiocarbonyl (C=S) groups is 1. The molecule has 2 amide bonds.